The van der Waals surface area contributed by atoms with Crippen molar-refractivity contribution in [3.63, 3.8) is 0 Å². The third-order valence-electron chi connectivity index (χ3n) is 3.51. The van der Waals surface area contributed by atoms with Gasteiger partial charge in [-0.1, -0.05) is 18.2 Å². The van der Waals surface area contributed by atoms with Gasteiger partial charge in [-0.3, -0.25) is 4.79 Å². The Hall–Kier alpha value is -2.10. The highest BCUT2D eigenvalue weighted by atomic mass is 16.1. The van der Waals surface area contributed by atoms with Crippen LogP contribution >= 0.6 is 0 Å². The Bertz CT molecular complexity index is 592. The molecule has 2 aliphatic rings. The molecule has 0 aliphatic heterocycles. The van der Waals surface area contributed by atoms with Crippen LogP contribution in [0.4, 0.5) is 0 Å². The van der Waals surface area contributed by atoms with Gasteiger partial charge in [-0.2, -0.15) is 0 Å². The first-order valence-electron chi connectivity index (χ1n) is 6.48. The van der Waals surface area contributed by atoms with E-state index in [4.69, 9.17) is 0 Å². The highest BCUT2D eigenvalue weighted by Crippen LogP contribution is 2.50. The average Bonchev–Trinajstić information content (AvgIpc) is 3.03. The van der Waals surface area contributed by atoms with E-state index in [9.17, 15) is 4.79 Å². The van der Waals surface area contributed by atoms with Crippen molar-refractivity contribution in [2.24, 2.45) is 11.8 Å². The molecule has 1 fully saturated rings. The molecule has 1 N–H and O–H groups in total. The first-order chi connectivity index (χ1) is 9.15. The fraction of sp³-hybridized carbons (Fsp3) is 0.333. The normalized spacial score (nSPS) is 24.2. The number of H-pyrrole nitrogens is 1. The minimum Gasteiger partial charge on any atom is -0.383 e. The van der Waals surface area contributed by atoms with Gasteiger partial charge in [0.1, 0.15) is 11.5 Å². The van der Waals surface area contributed by atoms with E-state index in [1.165, 1.54) is 12.0 Å². The first kappa shape index (κ1) is 12.0. The maximum Gasteiger partial charge on any atom is 0.205 e. The summed E-state index contributed by atoms with van der Waals surface area (Å²) >= 11 is 0. The zero-order chi connectivity index (χ0) is 13.4. The number of carbonyl (C=O) groups is 1. The van der Waals surface area contributed by atoms with E-state index in [-0.39, 0.29) is 5.78 Å². The summed E-state index contributed by atoms with van der Waals surface area (Å²) in [6.45, 7) is 0. The Morgan fingerprint density at radius 3 is 3.16 bits per heavy atom. The van der Waals surface area contributed by atoms with E-state index >= 15 is 0 Å². The monoisotopic (exact) mass is 255 g/mol. The van der Waals surface area contributed by atoms with Crippen LogP contribution < -0.4 is 0 Å². The molecule has 2 atom stereocenters. The second-order valence-electron chi connectivity index (χ2n) is 5.30. The van der Waals surface area contributed by atoms with Crippen molar-refractivity contribution in [1.29, 1.82) is 0 Å². The molecule has 1 saturated carbocycles. The number of allylic oxidation sites excluding steroid dienone is 5. The van der Waals surface area contributed by atoms with Gasteiger partial charge in [-0.05, 0) is 23.8 Å². The maximum atomic E-state index is 11.9. The number of hydrogen-bond donors (Lipinski definition) is 1. The van der Waals surface area contributed by atoms with Crippen LogP contribution in [0.25, 0.3) is 5.57 Å². The van der Waals surface area contributed by atoms with Gasteiger partial charge in [0.15, 0.2) is 0 Å². The number of carbonyl (C=O) groups excluding carboxylic acids is 1. The lowest BCUT2D eigenvalue weighted by Gasteiger charge is -2.05. The Morgan fingerprint density at radius 1 is 1.53 bits per heavy atom. The van der Waals surface area contributed by atoms with Crippen LogP contribution in [0, 0.1) is 11.8 Å². The average molecular weight is 255 g/mol. The molecule has 4 nitrogen and oxygen atoms in total. The lowest BCUT2D eigenvalue weighted by atomic mass is 10.0. The summed E-state index contributed by atoms with van der Waals surface area (Å²) in [5.41, 5.74) is 1.77. The number of aromatic amines is 1. The maximum absolute atomic E-state index is 11.9. The molecule has 1 aromatic rings. The zero-order valence-electron chi connectivity index (χ0n) is 11.1. The van der Waals surface area contributed by atoms with Crippen LogP contribution in [0.15, 0.2) is 36.7 Å². The van der Waals surface area contributed by atoms with E-state index in [1.807, 2.05) is 19.0 Å². The summed E-state index contributed by atoms with van der Waals surface area (Å²) in [5.74, 6) is 2.06. The lowest BCUT2D eigenvalue weighted by molar-refractivity contribution is 0.104. The second-order valence-corrected chi connectivity index (χ2v) is 5.30. The third kappa shape index (κ3) is 2.38. The summed E-state index contributed by atoms with van der Waals surface area (Å²) in [6.07, 6.45) is 12.5. The van der Waals surface area contributed by atoms with Crippen LogP contribution in [0.2, 0.25) is 0 Å². The Kier molecular flexibility index (Phi) is 2.85. The fourth-order valence-electron chi connectivity index (χ4n) is 2.36. The highest BCUT2D eigenvalue weighted by Gasteiger charge is 2.40. The molecule has 0 spiro atoms. The summed E-state index contributed by atoms with van der Waals surface area (Å²) < 4.78 is 0. The van der Waals surface area contributed by atoms with Crippen molar-refractivity contribution in [3.05, 3.63) is 48.2 Å². The minimum atomic E-state index is -0.0493. The van der Waals surface area contributed by atoms with E-state index in [0.717, 1.165) is 5.82 Å². The van der Waals surface area contributed by atoms with Crippen LogP contribution in [0.3, 0.4) is 0 Å². The molecule has 1 aromatic heterocycles. The van der Waals surface area contributed by atoms with Gasteiger partial charge < -0.3 is 9.88 Å². The quantitative estimate of drug-likeness (QED) is 0.663. The molecule has 2 aliphatic carbocycles. The van der Waals surface area contributed by atoms with Gasteiger partial charge >= 0.3 is 0 Å². The van der Waals surface area contributed by atoms with E-state index in [0.29, 0.717) is 17.5 Å². The lowest BCUT2D eigenvalue weighted by Crippen LogP contribution is -2.03. The fourth-order valence-corrected chi connectivity index (χ4v) is 2.36. The number of imidazole rings is 1. The molecule has 0 radical (unpaired) electrons. The van der Waals surface area contributed by atoms with Crippen molar-refractivity contribution in [1.82, 2.24) is 14.9 Å². The molecule has 3 rings (SSSR count). The molecule has 0 bridgehead atoms. The predicted molar refractivity (Wildman–Crippen MR) is 74.5 cm³/mol. The Morgan fingerprint density at radius 2 is 2.37 bits per heavy atom. The molecule has 1 heterocycles. The summed E-state index contributed by atoms with van der Waals surface area (Å²) in [5, 5.41) is 0. The number of hydrogen-bond acceptors (Lipinski definition) is 3. The smallest absolute Gasteiger partial charge is 0.205 e. The number of fused-ring (bicyclic) bond motifs is 1. The van der Waals surface area contributed by atoms with Gasteiger partial charge in [0.05, 0.1) is 6.20 Å². The molecule has 2 unspecified atom stereocenters. The van der Waals surface area contributed by atoms with E-state index in [2.05, 4.69) is 28.2 Å². The van der Waals surface area contributed by atoms with Crippen molar-refractivity contribution >= 4 is 11.4 Å². The third-order valence-corrected chi connectivity index (χ3v) is 3.51. The minimum absolute atomic E-state index is 0.0493. The zero-order valence-corrected chi connectivity index (χ0v) is 11.1. The number of rotatable bonds is 4. The van der Waals surface area contributed by atoms with Crippen molar-refractivity contribution in [2.45, 2.75) is 6.42 Å². The number of aromatic nitrogens is 2. The Balaban J connectivity index is 1.78. The first-order valence-corrected chi connectivity index (χ1v) is 6.48. The van der Waals surface area contributed by atoms with Gasteiger partial charge in [-0.25, -0.2) is 4.98 Å². The predicted octanol–water partition coefficient (Wildman–Crippen LogP) is 2.26. The van der Waals surface area contributed by atoms with Crippen molar-refractivity contribution in [3.8, 4) is 0 Å². The molecule has 0 aromatic carbocycles. The number of nitrogens with zero attached hydrogens (tertiary/aromatic N) is 2. The van der Waals surface area contributed by atoms with Crippen LogP contribution in [-0.2, 0) is 0 Å². The molecule has 0 saturated heterocycles. The molecular weight excluding hydrogens is 238 g/mol. The molecule has 0 amide bonds. The molecular formula is C15H17N3O. The van der Waals surface area contributed by atoms with Crippen LogP contribution in [-0.4, -0.2) is 34.7 Å². The standard InChI is InChI=1S/C15H17N3O/c1-18(2)7-6-14(19)13-9-16-15(17-13)11-5-3-4-10-8-12(10)11/h3-7,9-10,12H,8H2,1-2H3,(H,16,17)/b7-6+. The van der Waals surface area contributed by atoms with E-state index < -0.39 is 0 Å². The van der Waals surface area contributed by atoms with Gasteiger partial charge in [0.25, 0.3) is 0 Å². The summed E-state index contributed by atoms with van der Waals surface area (Å²) in [4.78, 5) is 21.2. The van der Waals surface area contributed by atoms with Crippen molar-refractivity contribution < 1.29 is 4.79 Å². The second kappa shape index (κ2) is 4.53. The Labute approximate surface area is 112 Å². The van der Waals surface area contributed by atoms with Gasteiger partial charge in [0, 0.05) is 26.4 Å². The topological polar surface area (TPSA) is 49.0 Å². The highest BCUT2D eigenvalue weighted by molar-refractivity contribution is 6.03. The molecule has 19 heavy (non-hydrogen) atoms. The van der Waals surface area contributed by atoms with E-state index in [1.54, 1.807) is 18.5 Å². The SMILES string of the molecule is CN(C)/C=C/C(=O)c1cnc(C2=CC=CC3CC23)[nH]1. The summed E-state index contributed by atoms with van der Waals surface area (Å²) in [7, 11) is 3.77. The summed E-state index contributed by atoms with van der Waals surface area (Å²) in [6, 6.07) is 0. The van der Waals surface area contributed by atoms with Gasteiger partial charge in [0.2, 0.25) is 5.78 Å². The van der Waals surface area contributed by atoms with Gasteiger partial charge in [-0.15, -0.1) is 0 Å². The number of nitrogens with one attached hydrogen (secondary N) is 1. The molecule has 4 heteroatoms. The van der Waals surface area contributed by atoms with Crippen LogP contribution in [0.1, 0.15) is 22.7 Å². The largest absolute Gasteiger partial charge is 0.383 e. The van der Waals surface area contributed by atoms with Crippen LogP contribution in [0.5, 0.6) is 0 Å². The van der Waals surface area contributed by atoms with Crippen molar-refractivity contribution in [2.75, 3.05) is 14.1 Å². The molecule has 98 valence electrons. The number of ketones is 1.